The number of hydrogen-bond donors (Lipinski definition) is 1. The third-order valence-corrected chi connectivity index (χ3v) is 6.97. The van der Waals surface area contributed by atoms with Gasteiger partial charge in [0.25, 0.3) is 0 Å². The van der Waals surface area contributed by atoms with Crippen molar-refractivity contribution in [3.05, 3.63) is 78.8 Å². The lowest BCUT2D eigenvalue weighted by molar-refractivity contribution is -0.116. The van der Waals surface area contributed by atoms with Crippen molar-refractivity contribution >= 4 is 44.9 Å². The minimum atomic E-state index is -0.638. The topological polar surface area (TPSA) is 94.6 Å². The lowest BCUT2D eigenvalue weighted by Crippen LogP contribution is -2.27. The van der Waals surface area contributed by atoms with Gasteiger partial charge in [-0.25, -0.2) is 0 Å². The number of nitrogens with two attached hydrogens (primary N) is 1. The summed E-state index contributed by atoms with van der Waals surface area (Å²) in [6.45, 7) is 2.49. The summed E-state index contributed by atoms with van der Waals surface area (Å²) < 4.78 is 18.2. The van der Waals surface area contributed by atoms with Gasteiger partial charge in [-0.05, 0) is 64.7 Å². The number of carbonyl (C=O) groups is 1. The van der Waals surface area contributed by atoms with Crippen molar-refractivity contribution in [2.45, 2.75) is 38.7 Å². The summed E-state index contributed by atoms with van der Waals surface area (Å²) in [5.41, 5.74) is 8.27. The molecule has 0 saturated heterocycles. The Morgan fingerprint density at radius 1 is 1.21 bits per heavy atom. The van der Waals surface area contributed by atoms with E-state index in [-0.39, 0.29) is 23.8 Å². The highest BCUT2D eigenvalue weighted by Gasteiger charge is 2.38. The van der Waals surface area contributed by atoms with Crippen LogP contribution in [-0.4, -0.2) is 12.4 Å². The molecule has 2 aliphatic rings. The highest BCUT2D eigenvalue weighted by molar-refractivity contribution is 9.10. The van der Waals surface area contributed by atoms with Gasteiger partial charge in [0.15, 0.2) is 17.3 Å². The molecule has 0 fully saturated rings. The second-order valence-corrected chi connectivity index (χ2v) is 9.51. The van der Waals surface area contributed by atoms with E-state index in [2.05, 4.69) is 22.0 Å². The molecule has 1 heterocycles. The molecule has 2 N–H and O–H groups in total. The Hall–Kier alpha value is -2.66. The first kappa shape index (κ1) is 24.5. The maximum Gasteiger partial charge on any atom is 0.205 e. The van der Waals surface area contributed by atoms with Gasteiger partial charge >= 0.3 is 0 Å². The van der Waals surface area contributed by atoms with Crippen molar-refractivity contribution in [2.75, 3.05) is 6.61 Å². The van der Waals surface area contributed by atoms with Crippen LogP contribution >= 0.6 is 39.1 Å². The molecule has 4 rings (SSSR count). The minimum Gasteiger partial charge on any atom is -0.490 e. The fraction of sp³-hybridized carbons (Fsp3) is 0.280. The van der Waals surface area contributed by atoms with Crippen LogP contribution in [0.15, 0.2) is 57.6 Å². The van der Waals surface area contributed by atoms with Gasteiger partial charge in [0, 0.05) is 18.4 Å². The third-order valence-electron chi connectivity index (χ3n) is 5.64. The molecule has 2 aromatic carbocycles. The predicted molar refractivity (Wildman–Crippen MR) is 133 cm³/mol. The Balaban J connectivity index is 1.74. The number of benzene rings is 2. The molecule has 0 radical (unpaired) electrons. The molecule has 0 aromatic heterocycles. The Morgan fingerprint density at radius 2 is 2.00 bits per heavy atom. The van der Waals surface area contributed by atoms with Gasteiger partial charge in [-0.3, -0.25) is 4.79 Å². The fourth-order valence-electron chi connectivity index (χ4n) is 4.13. The molecule has 0 amide bonds. The number of hydrogen-bond acceptors (Lipinski definition) is 6. The quantitative estimate of drug-likeness (QED) is 0.428. The van der Waals surface area contributed by atoms with Crippen molar-refractivity contribution in [3.8, 4) is 17.6 Å². The number of ketones is 1. The third kappa shape index (κ3) is 4.76. The molecule has 2 aromatic rings. The predicted octanol–water partition coefficient (Wildman–Crippen LogP) is 6.55. The lowest BCUT2D eigenvalue weighted by Gasteiger charge is -2.31. The smallest absolute Gasteiger partial charge is 0.205 e. The number of nitrogens with zero attached hydrogens (tertiary/aromatic N) is 1. The summed E-state index contributed by atoms with van der Waals surface area (Å²) in [6, 6.07) is 11.0. The van der Waals surface area contributed by atoms with Crippen molar-refractivity contribution < 1.29 is 19.0 Å². The molecule has 0 unspecified atom stereocenters. The highest BCUT2D eigenvalue weighted by Crippen LogP contribution is 2.47. The number of nitriles is 1. The second kappa shape index (κ2) is 10.3. The van der Waals surface area contributed by atoms with Gasteiger partial charge in [-0.1, -0.05) is 29.3 Å². The first-order valence-electron chi connectivity index (χ1n) is 10.7. The van der Waals surface area contributed by atoms with Crippen LogP contribution in [0.25, 0.3) is 0 Å². The van der Waals surface area contributed by atoms with Crippen molar-refractivity contribution in [1.82, 2.24) is 0 Å². The maximum absolute atomic E-state index is 12.9. The molecule has 34 heavy (non-hydrogen) atoms. The molecular formula is C25H21BrCl2N2O4. The zero-order valence-electron chi connectivity index (χ0n) is 18.3. The zero-order chi connectivity index (χ0) is 24.4. The summed E-state index contributed by atoms with van der Waals surface area (Å²) >= 11 is 15.7. The molecular weight excluding hydrogens is 543 g/mol. The largest absolute Gasteiger partial charge is 0.490 e. The average molecular weight is 564 g/mol. The summed E-state index contributed by atoms with van der Waals surface area (Å²) in [4.78, 5) is 12.9. The van der Waals surface area contributed by atoms with Crippen LogP contribution in [0.1, 0.15) is 43.2 Å². The first-order valence-corrected chi connectivity index (χ1v) is 12.3. The fourth-order valence-corrected chi connectivity index (χ4v) is 5.03. The van der Waals surface area contributed by atoms with Crippen LogP contribution in [-0.2, 0) is 16.1 Å². The number of halogens is 3. The van der Waals surface area contributed by atoms with Gasteiger partial charge in [-0.2, -0.15) is 5.26 Å². The first-order chi connectivity index (χ1) is 16.3. The van der Waals surface area contributed by atoms with Crippen LogP contribution in [0.2, 0.25) is 10.0 Å². The van der Waals surface area contributed by atoms with E-state index in [1.807, 2.05) is 19.1 Å². The van der Waals surface area contributed by atoms with Crippen LogP contribution in [0.3, 0.4) is 0 Å². The Kier molecular flexibility index (Phi) is 7.42. The van der Waals surface area contributed by atoms with Gasteiger partial charge in [0.1, 0.15) is 24.0 Å². The van der Waals surface area contributed by atoms with E-state index in [1.165, 1.54) is 0 Å². The van der Waals surface area contributed by atoms with Crippen LogP contribution in [0.5, 0.6) is 11.5 Å². The zero-order valence-corrected chi connectivity index (χ0v) is 21.4. The molecule has 176 valence electrons. The van der Waals surface area contributed by atoms with Gasteiger partial charge in [0.05, 0.1) is 27.0 Å². The molecule has 1 atom stereocenters. The van der Waals surface area contributed by atoms with E-state index in [1.54, 1.807) is 18.2 Å². The van der Waals surface area contributed by atoms with Crippen LogP contribution < -0.4 is 15.2 Å². The van der Waals surface area contributed by atoms with E-state index in [4.69, 9.17) is 43.1 Å². The van der Waals surface area contributed by atoms with Crippen molar-refractivity contribution in [1.29, 1.82) is 5.26 Å². The number of ether oxygens (including phenoxy) is 3. The van der Waals surface area contributed by atoms with Crippen LogP contribution in [0, 0.1) is 11.3 Å². The van der Waals surface area contributed by atoms with Gasteiger partial charge in [0.2, 0.25) is 5.88 Å². The minimum absolute atomic E-state index is 0.0231. The molecule has 1 aliphatic heterocycles. The highest BCUT2D eigenvalue weighted by atomic mass is 79.9. The van der Waals surface area contributed by atoms with Crippen molar-refractivity contribution in [2.24, 2.45) is 5.73 Å². The maximum atomic E-state index is 12.9. The summed E-state index contributed by atoms with van der Waals surface area (Å²) in [6.07, 6.45) is 1.69. The van der Waals surface area contributed by atoms with E-state index in [9.17, 15) is 10.1 Å². The molecule has 1 aliphatic carbocycles. The number of rotatable bonds is 6. The Labute approximate surface area is 216 Å². The van der Waals surface area contributed by atoms with Gasteiger partial charge < -0.3 is 19.9 Å². The van der Waals surface area contributed by atoms with Crippen molar-refractivity contribution in [3.63, 3.8) is 0 Å². The molecule has 9 heteroatoms. The van der Waals surface area contributed by atoms with E-state index in [0.29, 0.717) is 68.8 Å². The average Bonchev–Trinajstić information content (AvgIpc) is 2.80. The number of carbonyl (C=O) groups excluding carboxylic acids is 1. The molecule has 0 spiro atoms. The number of Topliss-reactive ketones (excluding diaryl/α,β-unsaturated/α-hetero) is 1. The molecule has 0 bridgehead atoms. The summed E-state index contributed by atoms with van der Waals surface area (Å²) in [7, 11) is 0. The number of allylic oxidation sites excluding steroid dienone is 3. The lowest BCUT2D eigenvalue weighted by atomic mass is 9.77. The summed E-state index contributed by atoms with van der Waals surface area (Å²) in [5.74, 6) is 0.839. The van der Waals surface area contributed by atoms with E-state index < -0.39 is 5.92 Å². The normalized spacial score (nSPS) is 17.7. The van der Waals surface area contributed by atoms with Gasteiger partial charge in [-0.15, -0.1) is 0 Å². The monoisotopic (exact) mass is 562 g/mol. The van der Waals surface area contributed by atoms with E-state index >= 15 is 0 Å². The second-order valence-electron chi connectivity index (χ2n) is 7.84. The Morgan fingerprint density at radius 3 is 2.71 bits per heavy atom. The standard InChI is InChI=1S/C25H21BrCl2N2O4/c1-2-32-21-10-14(9-16(26)24(21)33-12-13-6-7-17(27)18(28)8-13)22-15(11-29)25(30)34-20-5-3-4-19(31)23(20)22/h6-10,22H,2-5,12,30H2,1H3/t22-/m1/s1. The molecule has 6 nitrogen and oxygen atoms in total. The SMILES string of the molecule is CCOc1cc([C@@H]2C(C#N)=C(N)OC3=C2C(=O)CCC3)cc(Br)c1OCc1ccc(Cl)c(Cl)c1. The van der Waals surface area contributed by atoms with Crippen LogP contribution in [0.4, 0.5) is 0 Å². The van der Waals surface area contributed by atoms with E-state index in [0.717, 1.165) is 5.56 Å². The molecule has 0 saturated carbocycles. The Bertz CT molecular complexity index is 1270. The summed E-state index contributed by atoms with van der Waals surface area (Å²) in [5, 5.41) is 10.7.